The fraction of sp³-hybridized carbons (Fsp3) is 0.538. The molecule has 0 aromatic heterocycles. The number of benzene rings is 1. The summed E-state index contributed by atoms with van der Waals surface area (Å²) in [4.78, 5) is 0. The minimum absolute atomic E-state index is 0.0959. The van der Waals surface area contributed by atoms with E-state index in [9.17, 15) is 8.78 Å². The normalized spacial score (nSPS) is 18.1. The van der Waals surface area contributed by atoms with E-state index in [4.69, 9.17) is 10.5 Å². The highest BCUT2D eigenvalue weighted by Crippen LogP contribution is 2.44. The molecule has 0 unspecified atom stereocenters. The molecule has 0 atom stereocenters. The summed E-state index contributed by atoms with van der Waals surface area (Å²) in [5, 5.41) is 0. The quantitative estimate of drug-likeness (QED) is 0.865. The predicted octanol–water partition coefficient (Wildman–Crippen LogP) is 3.51. The third-order valence-electron chi connectivity index (χ3n) is 3.84. The zero-order valence-electron chi connectivity index (χ0n) is 10.2. The smallest absolute Gasteiger partial charge is 0.202 e. The second-order valence-electron chi connectivity index (χ2n) is 4.76. The van der Waals surface area contributed by atoms with Gasteiger partial charge in [-0.3, -0.25) is 0 Å². The summed E-state index contributed by atoms with van der Waals surface area (Å²) in [6.45, 7) is 0.335. The molecule has 0 saturated heterocycles. The van der Waals surface area contributed by atoms with Gasteiger partial charge in [0.2, 0.25) is 5.82 Å². The van der Waals surface area contributed by atoms with Crippen LogP contribution >= 0.6 is 15.9 Å². The summed E-state index contributed by atoms with van der Waals surface area (Å²) in [5.74, 6) is -1.87. The van der Waals surface area contributed by atoms with Crippen LogP contribution in [0.3, 0.4) is 0 Å². The van der Waals surface area contributed by atoms with E-state index in [1.54, 1.807) is 6.07 Å². The molecule has 1 fully saturated rings. The maximum atomic E-state index is 14.2. The van der Waals surface area contributed by atoms with Crippen molar-refractivity contribution < 1.29 is 13.5 Å². The zero-order chi connectivity index (χ0) is 13.3. The van der Waals surface area contributed by atoms with Crippen LogP contribution in [0.4, 0.5) is 8.78 Å². The molecular weight excluding hydrogens is 304 g/mol. The highest BCUT2D eigenvalue weighted by Gasteiger charge is 2.38. The molecule has 5 heteroatoms. The lowest BCUT2D eigenvalue weighted by Crippen LogP contribution is -2.33. The molecule has 1 aliphatic rings. The largest absolute Gasteiger partial charge is 0.492 e. The Hall–Kier alpha value is -0.680. The molecule has 2 nitrogen and oxygen atoms in total. The fourth-order valence-corrected chi connectivity index (χ4v) is 3.35. The molecule has 0 aliphatic heterocycles. The first-order chi connectivity index (χ1) is 8.55. The van der Waals surface area contributed by atoms with Crippen molar-refractivity contribution in [1.82, 2.24) is 0 Å². The summed E-state index contributed by atoms with van der Waals surface area (Å²) in [7, 11) is 1.32. The number of hydrogen-bond acceptors (Lipinski definition) is 2. The van der Waals surface area contributed by atoms with E-state index in [1.807, 2.05) is 0 Å². The van der Waals surface area contributed by atoms with Crippen LogP contribution in [0.5, 0.6) is 5.75 Å². The number of nitrogens with two attached hydrogens (primary N) is 1. The van der Waals surface area contributed by atoms with Crippen molar-refractivity contribution in [2.75, 3.05) is 13.7 Å². The molecule has 1 saturated carbocycles. The van der Waals surface area contributed by atoms with Crippen LogP contribution in [0.25, 0.3) is 0 Å². The third-order valence-corrected chi connectivity index (χ3v) is 4.43. The van der Waals surface area contributed by atoms with Gasteiger partial charge in [0.15, 0.2) is 11.6 Å². The molecule has 0 spiro atoms. The minimum Gasteiger partial charge on any atom is -0.492 e. The first-order valence-corrected chi connectivity index (χ1v) is 6.77. The van der Waals surface area contributed by atoms with Crippen LogP contribution in [0.1, 0.15) is 31.2 Å². The average Bonchev–Trinajstić information content (AvgIpc) is 2.84. The second kappa shape index (κ2) is 5.13. The number of hydrogen-bond donors (Lipinski definition) is 1. The Balaban J connectivity index is 2.58. The number of methoxy groups -OCH3 is 1. The summed E-state index contributed by atoms with van der Waals surface area (Å²) in [6.07, 6.45) is 3.61. The van der Waals surface area contributed by atoms with Crippen LogP contribution in [-0.4, -0.2) is 13.7 Å². The van der Waals surface area contributed by atoms with Gasteiger partial charge in [-0.05, 0) is 40.4 Å². The Labute approximate surface area is 114 Å². The zero-order valence-corrected chi connectivity index (χ0v) is 11.8. The van der Waals surface area contributed by atoms with Gasteiger partial charge < -0.3 is 10.5 Å². The Morgan fingerprint density at radius 3 is 2.44 bits per heavy atom. The Bertz CT molecular complexity index is 459. The van der Waals surface area contributed by atoms with Crippen LogP contribution in [0.15, 0.2) is 10.5 Å². The van der Waals surface area contributed by atoms with Crippen LogP contribution < -0.4 is 10.5 Å². The molecule has 0 heterocycles. The van der Waals surface area contributed by atoms with E-state index < -0.39 is 17.0 Å². The van der Waals surface area contributed by atoms with E-state index in [0.717, 1.165) is 25.7 Å². The Kier molecular flexibility index (Phi) is 3.92. The van der Waals surface area contributed by atoms with Crippen molar-refractivity contribution in [1.29, 1.82) is 0 Å². The van der Waals surface area contributed by atoms with Crippen molar-refractivity contribution in [2.24, 2.45) is 5.73 Å². The van der Waals surface area contributed by atoms with Gasteiger partial charge in [-0.2, -0.15) is 4.39 Å². The molecule has 1 aliphatic carbocycles. The van der Waals surface area contributed by atoms with Crippen molar-refractivity contribution in [3.8, 4) is 5.75 Å². The van der Waals surface area contributed by atoms with E-state index >= 15 is 0 Å². The fourth-order valence-electron chi connectivity index (χ4n) is 2.79. The Morgan fingerprint density at radius 2 is 1.94 bits per heavy atom. The topological polar surface area (TPSA) is 35.2 Å². The van der Waals surface area contributed by atoms with Crippen molar-refractivity contribution in [3.63, 3.8) is 0 Å². The first-order valence-electron chi connectivity index (χ1n) is 5.98. The molecule has 2 N–H and O–H groups in total. The van der Waals surface area contributed by atoms with Crippen molar-refractivity contribution in [3.05, 3.63) is 27.7 Å². The summed E-state index contributed by atoms with van der Waals surface area (Å²) < 4.78 is 33.4. The molecule has 100 valence electrons. The molecule has 0 amide bonds. The molecule has 1 aromatic rings. The molecule has 1 aromatic carbocycles. The molecule has 18 heavy (non-hydrogen) atoms. The standard InChI is InChI=1S/C13H16BrF2NO/c1-18-12-9(14)6-8(10(15)11(12)16)13(7-17)4-2-3-5-13/h6H,2-5,7,17H2,1H3. The number of rotatable bonds is 3. The lowest BCUT2D eigenvalue weighted by Gasteiger charge is -2.29. The van der Waals surface area contributed by atoms with Gasteiger partial charge in [-0.25, -0.2) is 4.39 Å². The molecular formula is C13H16BrF2NO. The number of ether oxygens (including phenoxy) is 1. The SMILES string of the molecule is COc1c(Br)cc(C2(CN)CCCC2)c(F)c1F. The van der Waals surface area contributed by atoms with E-state index in [0.29, 0.717) is 16.6 Å². The van der Waals surface area contributed by atoms with Crippen LogP contribution in [0.2, 0.25) is 0 Å². The van der Waals surface area contributed by atoms with Gasteiger partial charge in [0.1, 0.15) is 0 Å². The van der Waals surface area contributed by atoms with Gasteiger partial charge in [-0.15, -0.1) is 0 Å². The summed E-state index contributed by atoms with van der Waals surface area (Å²) in [5.41, 5.74) is 5.74. The monoisotopic (exact) mass is 319 g/mol. The van der Waals surface area contributed by atoms with Crippen LogP contribution in [-0.2, 0) is 5.41 Å². The van der Waals surface area contributed by atoms with E-state index in [-0.39, 0.29) is 5.75 Å². The highest BCUT2D eigenvalue weighted by atomic mass is 79.9. The maximum absolute atomic E-state index is 14.2. The summed E-state index contributed by atoms with van der Waals surface area (Å²) in [6, 6.07) is 1.61. The van der Waals surface area contributed by atoms with Gasteiger partial charge in [0, 0.05) is 12.0 Å². The van der Waals surface area contributed by atoms with Crippen molar-refractivity contribution >= 4 is 15.9 Å². The number of halogens is 3. The molecule has 0 bridgehead atoms. The summed E-state index contributed by atoms with van der Waals surface area (Å²) >= 11 is 3.22. The molecule has 0 radical (unpaired) electrons. The lowest BCUT2D eigenvalue weighted by molar-refractivity contribution is 0.355. The third kappa shape index (κ3) is 2.03. The van der Waals surface area contributed by atoms with E-state index in [1.165, 1.54) is 7.11 Å². The van der Waals surface area contributed by atoms with Crippen LogP contribution in [0, 0.1) is 11.6 Å². The molecule has 2 rings (SSSR count). The predicted molar refractivity (Wildman–Crippen MR) is 69.8 cm³/mol. The maximum Gasteiger partial charge on any atom is 0.202 e. The Morgan fingerprint density at radius 1 is 1.33 bits per heavy atom. The van der Waals surface area contributed by atoms with Crippen molar-refractivity contribution in [2.45, 2.75) is 31.1 Å². The van der Waals surface area contributed by atoms with Gasteiger partial charge >= 0.3 is 0 Å². The highest BCUT2D eigenvalue weighted by molar-refractivity contribution is 9.10. The van der Waals surface area contributed by atoms with E-state index in [2.05, 4.69) is 15.9 Å². The van der Waals surface area contributed by atoms with Gasteiger partial charge in [0.25, 0.3) is 0 Å². The minimum atomic E-state index is -0.943. The average molecular weight is 320 g/mol. The lowest BCUT2D eigenvalue weighted by atomic mass is 9.78. The van der Waals surface area contributed by atoms with Gasteiger partial charge in [-0.1, -0.05) is 12.8 Å². The first kappa shape index (κ1) is 13.7. The second-order valence-corrected chi connectivity index (χ2v) is 5.61. The van der Waals surface area contributed by atoms with Gasteiger partial charge in [0.05, 0.1) is 11.6 Å².